The van der Waals surface area contributed by atoms with E-state index in [0.29, 0.717) is 17.1 Å². The lowest BCUT2D eigenvalue weighted by Crippen LogP contribution is -2.38. The highest BCUT2D eigenvalue weighted by Gasteiger charge is 2.56. The second-order valence-corrected chi connectivity index (χ2v) is 7.63. The first-order chi connectivity index (χ1) is 14.0. The van der Waals surface area contributed by atoms with Crippen molar-refractivity contribution in [1.29, 1.82) is 0 Å². The largest absolute Gasteiger partial charge is 0.478 e. The van der Waals surface area contributed by atoms with Crippen molar-refractivity contribution in [3.63, 3.8) is 0 Å². The van der Waals surface area contributed by atoms with Gasteiger partial charge in [-0.3, -0.25) is 9.59 Å². The van der Waals surface area contributed by atoms with E-state index in [0.717, 1.165) is 17.9 Å². The lowest BCUT2D eigenvalue weighted by atomic mass is 9.63. The van der Waals surface area contributed by atoms with E-state index in [-0.39, 0.29) is 41.0 Å². The molecule has 4 aliphatic rings. The Hall–Kier alpha value is -3.48. The van der Waals surface area contributed by atoms with Crippen LogP contribution >= 0.6 is 0 Å². The van der Waals surface area contributed by atoms with Crippen LogP contribution in [0.5, 0.6) is 0 Å². The summed E-state index contributed by atoms with van der Waals surface area (Å²) in [5, 5.41) is 14.4. The number of benzene rings is 1. The normalized spacial score (nSPS) is 27.8. The average Bonchev–Trinajstić information content (AvgIpc) is 3.32. The fourth-order valence-corrected chi connectivity index (χ4v) is 4.74. The Kier molecular flexibility index (Phi) is 3.97. The highest BCUT2D eigenvalue weighted by molar-refractivity contribution is 6.06. The number of fused-ring (bicyclic) bond motifs is 1. The van der Waals surface area contributed by atoms with Crippen LogP contribution in [0.3, 0.4) is 0 Å². The molecule has 7 heteroatoms. The quantitative estimate of drug-likeness (QED) is 0.491. The monoisotopic (exact) mass is 390 g/mol. The number of furan rings is 1. The molecule has 0 spiro atoms. The van der Waals surface area contributed by atoms with Crippen molar-refractivity contribution >= 4 is 24.0 Å². The first-order valence-corrected chi connectivity index (χ1v) is 9.57. The lowest BCUT2D eigenvalue weighted by Gasteiger charge is -2.37. The van der Waals surface area contributed by atoms with Crippen molar-refractivity contribution in [2.75, 3.05) is 0 Å². The van der Waals surface area contributed by atoms with Crippen LogP contribution in [0.2, 0.25) is 0 Å². The van der Waals surface area contributed by atoms with Crippen LogP contribution in [0.15, 0.2) is 58.1 Å². The number of nitrogens with zero attached hydrogens (tertiary/aromatic N) is 2. The zero-order chi connectivity index (χ0) is 20.1. The smallest absolute Gasteiger partial charge is 0.336 e. The number of amides is 2. The predicted octanol–water partition coefficient (Wildman–Crippen LogP) is 3.18. The number of aromatic carboxylic acids is 1. The second kappa shape index (κ2) is 6.55. The van der Waals surface area contributed by atoms with Gasteiger partial charge in [-0.05, 0) is 42.9 Å². The van der Waals surface area contributed by atoms with Gasteiger partial charge in [-0.2, -0.15) is 10.1 Å². The molecule has 0 radical (unpaired) electrons. The zero-order valence-electron chi connectivity index (χ0n) is 15.4. The van der Waals surface area contributed by atoms with E-state index in [1.54, 1.807) is 30.3 Å². The standard InChI is InChI=1S/C22H18N2O5/c25-20-18-12-5-6-13(8-7-12)19(18)21(26)24(20)23-11-14-9-10-17(29-14)15-3-1-2-4-16(15)22(27)28/h1-6,9-13,18-19H,7-8H2,(H,27,28)/b23-11-/t12-,13+,18-,19+. The predicted molar refractivity (Wildman–Crippen MR) is 103 cm³/mol. The van der Waals surface area contributed by atoms with Crippen molar-refractivity contribution in [2.24, 2.45) is 28.8 Å². The number of carbonyl (C=O) groups excluding carboxylic acids is 2. The van der Waals surface area contributed by atoms with Crippen LogP contribution in [0, 0.1) is 23.7 Å². The maximum absolute atomic E-state index is 12.8. The van der Waals surface area contributed by atoms with E-state index in [1.807, 2.05) is 0 Å². The van der Waals surface area contributed by atoms with E-state index < -0.39 is 5.97 Å². The Morgan fingerprint density at radius 1 is 1.03 bits per heavy atom. The number of carboxylic acids is 1. The summed E-state index contributed by atoms with van der Waals surface area (Å²) < 4.78 is 5.69. The molecule has 146 valence electrons. The van der Waals surface area contributed by atoms with E-state index in [2.05, 4.69) is 17.3 Å². The molecule has 2 bridgehead atoms. The molecule has 4 atom stereocenters. The highest BCUT2D eigenvalue weighted by atomic mass is 16.4. The molecular weight excluding hydrogens is 372 g/mol. The Bertz CT molecular complexity index is 1050. The third-order valence-corrected chi connectivity index (χ3v) is 6.09. The number of hydrazone groups is 1. The van der Waals surface area contributed by atoms with Crippen LogP contribution in [0.4, 0.5) is 0 Å². The van der Waals surface area contributed by atoms with Crippen molar-refractivity contribution in [2.45, 2.75) is 12.8 Å². The van der Waals surface area contributed by atoms with Gasteiger partial charge in [0.25, 0.3) is 11.8 Å². The van der Waals surface area contributed by atoms with E-state index >= 15 is 0 Å². The van der Waals surface area contributed by atoms with Crippen LogP contribution in [-0.4, -0.2) is 34.1 Å². The minimum atomic E-state index is -1.05. The van der Waals surface area contributed by atoms with E-state index in [1.165, 1.54) is 12.3 Å². The van der Waals surface area contributed by atoms with Crippen LogP contribution in [-0.2, 0) is 9.59 Å². The van der Waals surface area contributed by atoms with Gasteiger partial charge in [-0.1, -0.05) is 30.4 Å². The fourth-order valence-electron chi connectivity index (χ4n) is 4.74. The summed E-state index contributed by atoms with van der Waals surface area (Å²) in [5.41, 5.74) is 0.573. The van der Waals surface area contributed by atoms with Gasteiger partial charge in [0.1, 0.15) is 11.5 Å². The lowest BCUT2D eigenvalue weighted by molar-refractivity contribution is -0.140. The minimum absolute atomic E-state index is 0.115. The van der Waals surface area contributed by atoms with Crippen LogP contribution < -0.4 is 0 Å². The molecule has 2 fully saturated rings. The van der Waals surface area contributed by atoms with Crippen molar-refractivity contribution in [3.05, 3.63) is 59.9 Å². The number of carboxylic acid groups (broad SMARTS) is 1. The third kappa shape index (κ3) is 2.73. The Morgan fingerprint density at radius 2 is 1.69 bits per heavy atom. The first kappa shape index (κ1) is 17.6. The van der Waals surface area contributed by atoms with Gasteiger partial charge >= 0.3 is 5.97 Å². The molecule has 1 aliphatic heterocycles. The third-order valence-electron chi connectivity index (χ3n) is 6.09. The van der Waals surface area contributed by atoms with Crippen LogP contribution in [0.1, 0.15) is 29.0 Å². The molecule has 1 aromatic carbocycles. The van der Waals surface area contributed by atoms with Crippen molar-refractivity contribution in [1.82, 2.24) is 5.01 Å². The SMILES string of the molecule is O=C(O)c1ccccc1-c1ccc(/C=N\N2C(=O)[C@@H]3[C@H](C2=O)[C@@H]2C=C[C@H]3CC2)o1. The number of rotatable bonds is 4. The Morgan fingerprint density at radius 3 is 2.31 bits per heavy atom. The van der Waals surface area contributed by atoms with Crippen molar-refractivity contribution < 1.29 is 23.9 Å². The zero-order valence-corrected chi connectivity index (χ0v) is 15.4. The number of carbonyl (C=O) groups is 3. The molecular formula is C22H18N2O5. The molecule has 0 unspecified atom stereocenters. The maximum atomic E-state index is 12.8. The van der Waals surface area contributed by atoms with Crippen molar-refractivity contribution in [3.8, 4) is 11.3 Å². The second-order valence-electron chi connectivity index (χ2n) is 7.63. The maximum Gasteiger partial charge on any atom is 0.336 e. The average molecular weight is 390 g/mol. The molecule has 6 rings (SSSR count). The van der Waals surface area contributed by atoms with E-state index in [9.17, 15) is 19.5 Å². The minimum Gasteiger partial charge on any atom is -0.478 e. The van der Waals surface area contributed by atoms with Gasteiger partial charge in [-0.25, -0.2) is 4.79 Å². The molecule has 1 N–H and O–H groups in total. The number of allylic oxidation sites excluding steroid dienone is 2. The van der Waals surface area contributed by atoms with E-state index in [4.69, 9.17) is 4.42 Å². The molecule has 3 aliphatic carbocycles. The van der Waals surface area contributed by atoms with Gasteiger partial charge in [0.05, 0.1) is 23.6 Å². The molecule has 2 amide bonds. The van der Waals surface area contributed by atoms with Crippen LogP contribution in [0.25, 0.3) is 11.3 Å². The summed E-state index contributed by atoms with van der Waals surface area (Å²) in [5.74, 6) is -1.23. The number of hydrogen-bond donors (Lipinski definition) is 1. The van der Waals surface area contributed by atoms with Gasteiger partial charge in [0.15, 0.2) is 0 Å². The molecule has 1 saturated heterocycles. The molecule has 2 heterocycles. The summed E-state index contributed by atoms with van der Waals surface area (Å²) in [6.45, 7) is 0. The first-order valence-electron chi connectivity index (χ1n) is 9.57. The summed E-state index contributed by atoms with van der Waals surface area (Å²) in [6, 6.07) is 9.79. The molecule has 7 nitrogen and oxygen atoms in total. The van der Waals surface area contributed by atoms with Gasteiger partial charge in [0, 0.05) is 5.56 Å². The summed E-state index contributed by atoms with van der Waals surface area (Å²) in [6.07, 6.45) is 7.32. The van der Waals surface area contributed by atoms with Gasteiger partial charge in [-0.15, -0.1) is 0 Å². The topological polar surface area (TPSA) is 100 Å². The molecule has 2 aromatic rings. The molecule has 29 heavy (non-hydrogen) atoms. The van der Waals surface area contributed by atoms with Gasteiger partial charge < -0.3 is 9.52 Å². The fraction of sp³-hybridized carbons (Fsp3) is 0.273. The molecule has 1 aromatic heterocycles. The van der Waals surface area contributed by atoms with Gasteiger partial charge in [0.2, 0.25) is 0 Å². The molecule has 1 saturated carbocycles. The highest BCUT2D eigenvalue weighted by Crippen LogP contribution is 2.49. The number of imide groups is 1. The summed E-state index contributed by atoms with van der Waals surface area (Å²) in [4.78, 5) is 36.9. The number of hydrogen-bond acceptors (Lipinski definition) is 5. The Balaban J connectivity index is 1.39. The summed E-state index contributed by atoms with van der Waals surface area (Å²) >= 11 is 0. The Labute approximate surface area is 166 Å². The summed E-state index contributed by atoms with van der Waals surface area (Å²) in [7, 11) is 0.